The van der Waals surface area contributed by atoms with Crippen LogP contribution < -0.4 is 5.32 Å². The molecule has 0 aliphatic heterocycles. The number of nitrogens with one attached hydrogen (secondary N) is 1. The van der Waals surface area contributed by atoms with Crippen molar-refractivity contribution in [2.75, 3.05) is 7.05 Å². The molecular weight excluding hydrogens is 230 g/mol. The van der Waals surface area contributed by atoms with Gasteiger partial charge in [-0.05, 0) is 46.1 Å². The second kappa shape index (κ2) is 5.02. The summed E-state index contributed by atoms with van der Waals surface area (Å²) in [5.41, 5.74) is 2.89. The van der Waals surface area contributed by atoms with E-state index >= 15 is 0 Å². The van der Waals surface area contributed by atoms with Crippen LogP contribution in [0.2, 0.25) is 0 Å². The Labute approximate surface area is 114 Å². The van der Waals surface area contributed by atoms with E-state index in [-0.39, 0.29) is 0 Å². The molecule has 19 heavy (non-hydrogen) atoms. The van der Waals surface area contributed by atoms with E-state index < -0.39 is 0 Å². The number of rotatable bonds is 3. The lowest BCUT2D eigenvalue weighted by molar-refractivity contribution is 0.812. The fraction of sp³-hybridized carbons (Fsp3) is 0.222. The Hall–Kier alpha value is -1.86. The molecule has 3 aromatic rings. The second-order valence-corrected chi connectivity index (χ2v) is 4.97. The predicted octanol–water partition coefficient (Wildman–Crippen LogP) is 4.27. The molecule has 0 saturated heterocycles. The molecule has 0 heterocycles. The monoisotopic (exact) mass is 249 g/mol. The lowest BCUT2D eigenvalue weighted by Crippen LogP contribution is -2.08. The van der Waals surface area contributed by atoms with Gasteiger partial charge in [0.25, 0.3) is 0 Å². The van der Waals surface area contributed by atoms with Crippen molar-refractivity contribution in [3.63, 3.8) is 0 Å². The van der Waals surface area contributed by atoms with Crippen molar-refractivity contribution in [1.82, 2.24) is 5.32 Å². The van der Waals surface area contributed by atoms with Gasteiger partial charge in [0, 0.05) is 6.54 Å². The molecule has 0 bridgehead atoms. The Morgan fingerprint density at radius 2 is 1.63 bits per heavy atom. The van der Waals surface area contributed by atoms with Gasteiger partial charge in [0.2, 0.25) is 0 Å². The Morgan fingerprint density at radius 3 is 2.42 bits per heavy atom. The maximum Gasteiger partial charge on any atom is 0.0211 e. The van der Waals surface area contributed by atoms with Crippen molar-refractivity contribution in [3.8, 4) is 0 Å². The SMILES string of the molecule is CCc1ccc2ccc3ccccc3c2c1CNC. The summed E-state index contributed by atoms with van der Waals surface area (Å²) < 4.78 is 0. The van der Waals surface area contributed by atoms with Crippen LogP contribution in [-0.2, 0) is 13.0 Å². The first-order valence-electron chi connectivity index (χ1n) is 6.92. The molecule has 0 aliphatic carbocycles. The topological polar surface area (TPSA) is 12.0 Å². The first-order valence-corrected chi connectivity index (χ1v) is 6.92. The molecule has 3 rings (SSSR count). The van der Waals surface area contributed by atoms with Gasteiger partial charge < -0.3 is 5.32 Å². The number of fused-ring (bicyclic) bond motifs is 3. The Morgan fingerprint density at radius 1 is 0.895 bits per heavy atom. The lowest BCUT2D eigenvalue weighted by atomic mass is 9.93. The summed E-state index contributed by atoms with van der Waals surface area (Å²) in [6.07, 6.45) is 1.08. The first-order chi connectivity index (χ1) is 9.35. The first kappa shape index (κ1) is 12.2. The van der Waals surface area contributed by atoms with Crippen LogP contribution in [0.25, 0.3) is 21.5 Å². The number of hydrogen-bond donors (Lipinski definition) is 1. The van der Waals surface area contributed by atoms with E-state index in [1.807, 2.05) is 7.05 Å². The molecule has 3 aromatic carbocycles. The molecule has 0 saturated carbocycles. The minimum atomic E-state index is 0.925. The summed E-state index contributed by atoms with van der Waals surface area (Å²) >= 11 is 0. The van der Waals surface area contributed by atoms with Gasteiger partial charge in [0.15, 0.2) is 0 Å². The molecule has 0 fully saturated rings. The summed E-state index contributed by atoms with van der Waals surface area (Å²) in [5.74, 6) is 0. The normalized spacial score (nSPS) is 11.3. The van der Waals surface area contributed by atoms with Gasteiger partial charge in [0.05, 0.1) is 0 Å². The zero-order valence-corrected chi connectivity index (χ0v) is 11.5. The number of aryl methyl sites for hydroxylation is 1. The van der Waals surface area contributed by atoms with Crippen molar-refractivity contribution < 1.29 is 0 Å². The maximum absolute atomic E-state index is 3.32. The minimum Gasteiger partial charge on any atom is -0.316 e. The van der Waals surface area contributed by atoms with Gasteiger partial charge in [-0.3, -0.25) is 0 Å². The molecule has 0 unspecified atom stereocenters. The second-order valence-electron chi connectivity index (χ2n) is 4.97. The van der Waals surface area contributed by atoms with E-state index in [0.29, 0.717) is 0 Å². The van der Waals surface area contributed by atoms with Crippen molar-refractivity contribution in [3.05, 3.63) is 59.7 Å². The van der Waals surface area contributed by atoms with Gasteiger partial charge >= 0.3 is 0 Å². The van der Waals surface area contributed by atoms with Gasteiger partial charge in [-0.15, -0.1) is 0 Å². The van der Waals surface area contributed by atoms with Crippen LogP contribution in [0.1, 0.15) is 18.1 Å². The fourth-order valence-corrected chi connectivity index (χ4v) is 2.93. The largest absolute Gasteiger partial charge is 0.316 e. The highest BCUT2D eigenvalue weighted by Gasteiger charge is 2.08. The minimum absolute atomic E-state index is 0.925. The maximum atomic E-state index is 3.32. The average molecular weight is 249 g/mol. The van der Waals surface area contributed by atoms with Gasteiger partial charge in [-0.25, -0.2) is 0 Å². The smallest absolute Gasteiger partial charge is 0.0211 e. The Balaban J connectivity index is 2.46. The Bertz CT molecular complexity index is 728. The Kier molecular flexibility index (Phi) is 3.22. The predicted molar refractivity (Wildman–Crippen MR) is 83.6 cm³/mol. The standard InChI is InChI=1S/C18H19N/c1-3-13-8-10-15-11-9-14-6-4-5-7-16(14)18(15)17(13)12-19-2/h4-11,19H,3,12H2,1-2H3. The molecule has 1 nitrogen and oxygen atoms in total. The third-order valence-electron chi connectivity index (χ3n) is 3.85. The summed E-state index contributed by atoms with van der Waals surface area (Å²) in [7, 11) is 2.02. The molecule has 0 amide bonds. The van der Waals surface area contributed by atoms with Crippen LogP contribution in [0, 0.1) is 0 Å². The summed E-state index contributed by atoms with van der Waals surface area (Å²) in [4.78, 5) is 0. The van der Waals surface area contributed by atoms with Crippen LogP contribution in [-0.4, -0.2) is 7.05 Å². The molecule has 1 N–H and O–H groups in total. The van der Waals surface area contributed by atoms with Crippen LogP contribution in [0.3, 0.4) is 0 Å². The third-order valence-corrected chi connectivity index (χ3v) is 3.85. The molecule has 0 aromatic heterocycles. The van der Waals surface area contributed by atoms with Crippen LogP contribution >= 0.6 is 0 Å². The van der Waals surface area contributed by atoms with Crippen LogP contribution in [0.15, 0.2) is 48.5 Å². The highest BCUT2D eigenvalue weighted by Crippen LogP contribution is 2.30. The van der Waals surface area contributed by atoms with Crippen molar-refractivity contribution in [1.29, 1.82) is 0 Å². The summed E-state index contributed by atoms with van der Waals surface area (Å²) in [5, 5.41) is 8.74. The summed E-state index contributed by atoms with van der Waals surface area (Å²) in [6, 6.07) is 17.6. The average Bonchev–Trinajstić information content (AvgIpc) is 2.47. The molecule has 0 atom stereocenters. The van der Waals surface area contributed by atoms with Crippen LogP contribution in [0.5, 0.6) is 0 Å². The molecule has 1 heteroatoms. The van der Waals surface area contributed by atoms with Crippen molar-refractivity contribution >= 4 is 21.5 Å². The lowest BCUT2D eigenvalue weighted by Gasteiger charge is -2.14. The third kappa shape index (κ3) is 2.00. The van der Waals surface area contributed by atoms with Crippen molar-refractivity contribution in [2.45, 2.75) is 19.9 Å². The van der Waals surface area contributed by atoms with Gasteiger partial charge in [-0.1, -0.05) is 55.5 Å². The van der Waals surface area contributed by atoms with Crippen LogP contribution in [0.4, 0.5) is 0 Å². The van der Waals surface area contributed by atoms with Crippen molar-refractivity contribution in [2.24, 2.45) is 0 Å². The van der Waals surface area contributed by atoms with Gasteiger partial charge in [0.1, 0.15) is 0 Å². The highest BCUT2D eigenvalue weighted by molar-refractivity contribution is 6.09. The van der Waals surface area contributed by atoms with E-state index in [9.17, 15) is 0 Å². The van der Waals surface area contributed by atoms with E-state index in [2.05, 4.69) is 60.8 Å². The molecular formula is C18H19N. The highest BCUT2D eigenvalue weighted by atomic mass is 14.8. The number of benzene rings is 3. The summed E-state index contributed by atoms with van der Waals surface area (Å²) in [6.45, 7) is 3.15. The zero-order valence-electron chi connectivity index (χ0n) is 11.5. The van der Waals surface area contributed by atoms with E-state index in [1.54, 1.807) is 0 Å². The van der Waals surface area contributed by atoms with E-state index in [0.717, 1.165) is 13.0 Å². The van der Waals surface area contributed by atoms with Gasteiger partial charge in [-0.2, -0.15) is 0 Å². The zero-order chi connectivity index (χ0) is 13.2. The molecule has 0 spiro atoms. The number of hydrogen-bond acceptors (Lipinski definition) is 1. The fourth-order valence-electron chi connectivity index (χ4n) is 2.93. The van der Waals surface area contributed by atoms with E-state index in [1.165, 1.54) is 32.7 Å². The van der Waals surface area contributed by atoms with E-state index in [4.69, 9.17) is 0 Å². The quantitative estimate of drug-likeness (QED) is 0.683. The molecule has 96 valence electrons. The molecule has 0 aliphatic rings. The molecule has 0 radical (unpaired) electrons.